The Morgan fingerprint density at radius 3 is 1.95 bits per heavy atom. The highest BCUT2D eigenvalue weighted by Crippen LogP contribution is 2.14. The Kier molecular flexibility index (Phi) is 8.62. The Hall–Kier alpha value is -1.62. The predicted octanol–water partition coefficient (Wildman–Crippen LogP) is 1.08. The topological polar surface area (TPSA) is 91.7 Å². The van der Waals surface area contributed by atoms with E-state index in [1.54, 1.807) is 20.4 Å². The van der Waals surface area contributed by atoms with Crippen molar-refractivity contribution < 1.29 is 24.0 Å². The summed E-state index contributed by atoms with van der Waals surface area (Å²) in [5, 5.41) is 3.54. The number of oxime groups is 1. The maximum Gasteiger partial charge on any atom is 0.447 e. The Morgan fingerprint density at radius 2 is 1.52 bits per heavy atom. The molecule has 0 atom stereocenters. The summed E-state index contributed by atoms with van der Waals surface area (Å²) >= 11 is 1.81. The van der Waals surface area contributed by atoms with Crippen LogP contribution in [0.25, 0.3) is 0 Å². The molecule has 21 heavy (non-hydrogen) atoms. The molecule has 0 aromatic carbocycles. The molecule has 11 heteroatoms. The molecule has 0 bridgehead atoms. The maximum atomic E-state index is 11.7. The Labute approximate surface area is 131 Å². The number of ether oxygens (including phenoxy) is 1. The predicted molar refractivity (Wildman–Crippen MR) is 81.6 cm³/mol. The number of thioether (sulfide) groups is 1. The highest BCUT2D eigenvalue weighted by molar-refractivity contribution is 8.15. The van der Waals surface area contributed by atoms with E-state index in [0.29, 0.717) is 0 Å². The van der Waals surface area contributed by atoms with Gasteiger partial charge in [-0.2, -0.15) is 0 Å². The van der Waals surface area contributed by atoms with Crippen LogP contribution in [0.1, 0.15) is 0 Å². The maximum absolute atomic E-state index is 11.7. The first kappa shape index (κ1) is 19.4. The minimum atomic E-state index is -0.839. The van der Waals surface area contributed by atoms with Crippen molar-refractivity contribution in [2.24, 2.45) is 5.16 Å². The second-order valence-electron chi connectivity index (χ2n) is 3.70. The third kappa shape index (κ3) is 6.58. The van der Waals surface area contributed by atoms with Gasteiger partial charge in [0.25, 0.3) is 5.91 Å². The van der Waals surface area contributed by atoms with Gasteiger partial charge in [0, 0.05) is 28.2 Å². The zero-order chi connectivity index (χ0) is 16.6. The zero-order valence-electron chi connectivity index (χ0n) is 12.6. The van der Waals surface area contributed by atoms with Crippen molar-refractivity contribution in [3.63, 3.8) is 0 Å². The highest BCUT2D eigenvalue weighted by Gasteiger charge is 2.20. The number of hydrogen-bond acceptors (Lipinski definition) is 8. The van der Waals surface area contributed by atoms with Crippen LogP contribution in [0.15, 0.2) is 5.16 Å². The van der Waals surface area contributed by atoms with Crippen LogP contribution in [0.5, 0.6) is 0 Å². The fourth-order valence-corrected chi connectivity index (χ4v) is 1.95. The van der Waals surface area contributed by atoms with Crippen molar-refractivity contribution in [1.29, 1.82) is 0 Å². The van der Waals surface area contributed by atoms with Crippen LogP contribution in [0.3, 0.4) is 0 Å². The molecule has 0 saturated heterocycles. The monoisotopic (exact) mass is 338 g/mol. The van der Waals surface area contributed by atoms with Gasteiger partial charge < -0.3 is 9.64 Å². The summed E-state index contributed by atoms with van der Waals surface area (Å²) in [6.45, 7) is 0. The van der Waals surface area contributed by atoms with E-state index < -0.39 is 12.2 Å². The molecule has 0 rings (SSSR count). The highest BCUT2D eigenvalue weighted by atomic mass is 32.2. The van der Waals surface area contributed by atoms with Gasteiger partial charge in [-0.1, -0.05) is 5.16 Å². The molecule has 0 aromatic rings. The number of amides is 3. The first-order valence-corrected chi connectivity index (χ1v) is 7.48. The fourth-order valence-electron chi connectivity index (χ4n) is 0.872. The van der Waals surface area contributed by atoms with Crippen LogP contribution < -0.4 is 0 Å². The van der Waals surface area contributed by atoms with E-state index in [4.69, 9.17) is 0 Å². The van der Waals surface area contributed by atoms with Crippen LogP contribution in [-0.4, -0.2) is 78.2 Å². The molecule has 120 valence electrons. The third-order valence-electron chi connectivity index (χ3n) is 1.92. The van der Waals surface area contributed by atoms with Gasteiger partial charge in [0.05, 0.1) is 19.2 Å². The second-order valence-corrected chi connectivity index (χ2v) is 5.76. The van der Waals surface area contributed by atoms with Crippen molar-refractivity contribution in [3.8, 4) is 0 Å². The van der Waals surface area contributed by atoms with E-state index in [2.05, 4.69) is 14.7 Å². The number of hydrogen-bond donors (Lipinski definition) is 0. The molecule has 0 aliphatic carbocycles. The van der Waals surface area contributed by atoms with Gasteiger partial charge in [-0.25, -0.2) is 18.2 Å². The molecule has 0 fully saturated rings. The Bertz CT molecular complexity index is 430. The molecule has 0 unspecified atom stereocenters. The molecular weight excluding hydrogens is 320 g/mol. The van der Waals surface area contributed by atoms with E-state index in [1.807, 2.05) is 0 Å². The lowest BCUT2D eigenvalue weighted by Crippen LogP contribution is -2.30. The van der Waals surface area contributed by atoms with Crippen molar-refractivity contribution in [2.75, 3.05) is 41.6 Å². The van der Waals surface area contributed by atoms with Gasteiger partial charge in [0.2, 0.25) is 5.04 Å². The average molecular weight is 338 g/mol. The first-order chi connectivity index (χ1) is 9.74. The van der Waals surface area contributed by atoms with E-state index in [-0.39, 0.29) is 11.0 Å². The molecule has 0 radical (unpaired) electrons. The van der Waals surface area contributed by atoms with E-state index in [0.717, 1.165) is 32.5 Å². The molecule has 0 aliphatic heterocycles. The summed E-state index contributed by atoms with van der Waals surface area (Å²) in [4.78, 5) is 40.5. The largest absolute Gasteiger partial charge is 0.452 e. The smallest absolute Gasteiger partial charge is 0.447 e. The van der Waals surface area contributed by atoms with Gasteiger partial charge in [0.15, 0.2) is 0 Å². The number of nitrogens with zero attached hydrogens (tertiary/aromatic N) is 4. The third-order valence-corrected chi connectivity index (χ3v) is 3.35. The summed E-state index contributed by atoms with van der Waals surface area (Å²) < 4.78 is 6.59. The summed E-state index contributed by atoms with van der Waals surface area (Å²) in [7, 11) is 7.15. The van der Waals surface area contributed by atoms with E-state index >= 15 is 0 Å². The Balaban J connectivity index is 4.60. The molecule has 0 saturated carbocycles. The summed E-state index contributed by atoms with van der Waals surface area (Å²) in [5.74, 6) is -0.378. The van der Waals surface area contributed by atoms with Gasteiger partial charge in [-0.3, -0.25) is 9.63 Å². The van der Waals surface area contributed by atoms with Crippen molar-refractivity contribution in [2.45, 2.75) is 0 Å². The fraction of sp³-hybridized carbons (Fsp3) is 0.600. The van der Waals surface area contributed by atoms with Crippen LogP contribution in [0.4, 0.5) is 9.59 Å². The normalized spacial score (nSPS) is 10.7. The summed E-state index contributed by atoms with van der Waals surface area (Å²) in [6, 6.07) is 0. The molecule has 0 heterocycles. The minimum Gasteiger partial charge on any atom is -0.452 e. The lowest BCUT2D eigenvalue weighted by Gasteiger charge is -2.19. The standard InChI is InChI=1S/C10H18N4O5S2/c1-12(2)8(15)7(20-6)11-19-10(17)14(4)21-13(3)9(16)18-5/h1-6H3/b11-7+. The molecule has 9 nitrogen and oxygen atoms in total. The molecule has 0 aliphatic rings. The SMILES string of the molecule is COC(=O)N(C)SN(C)C(=O)O/N=C(/SC)C(=O)N(C)C. The summed E-state index contributed by atoms with van der Waals surface area (Å²) in [5.41, 5.74) is 0. The van der Waals surface area contributed by atoms with E-state index in [1.165, 1.54) is 26.1 Å². The number of rotatable bonds is 3. The number of carbonyl (C=O) groups is 3. The second kappa shape index (κ2) is 9.34. The van der Waals surface area contributed by atoms with E-state index in [9.17, 15) is 14.4 Å². The van der Waals surface area contributed by atoms with Crippen LogP contribution in [0, 0.1) is 0 Å². The minimum absolute atomic E-state index is 0.0353. The van der Waals surface area contributed by atoms with Crippen molar-refractivity contribution >= 4 is 47.0 Å². The molecule has 0 N–H and O–H groups in total. The lowest BCUT2D eigenvalue weighted by atomic mass is 10.6. The molecule has 0 spiro atoms. The quantitative estimate of drug-likeness (QED) is 0.250. The summed E-state index contributed by atoms with van der Waals surface area (Å²) in [6.07, 6.45) is 0.169. The van der Waals surface area contributed by atoms with Gasteiger partial charge in [-0.05, 0) is 6.26 Å². The van der Waals surface area contributed by atoms with Gasteiger partial charge >= 0.3 is 12.2 Å². The zero-order valence-corrected chi connectivity index (χ0v) is 14.3. The average Bonchev–Trinajstić information content (AvgIpc) is 2.45. The Morgan fingerprint density at radius 1 is 1.00 bits per heavy atom. The van der Waals surface area contributed by atoms with Gasteiger partial charge in [0.1, 0.15) is 0 Å². The van der Waals surface area contributed by atoms with Crippen LogP contribution in [0.2, 0.25) is 0 Å². The van der Waals surface area contributed by atoms with Crippen LogP contribution in [-0.2, 0) is 14.4 Å². The van der Waals surface area contributed by atoms with Crippen molar-refractivity contribution in [3.05, 3.63) is 0 Å². The van der Waals surface area contributed by atoms with Gasteiger partial charge in [-0.15, -0.1) is 11.8 Å². The molecule has 3 amide bonds. The van der Waals surface area contributed by atoms with Crippen LogP contribution >= 0.6 is 23.9 Å². The van der Waals surface area contributed by atoms with Crippen molar-refractivity contribution in [1.82, 2.24) is 13.5 Å². The number of carbonyl (C=O) groups excluding carboxylic acids is 3. The number of methoxy groups -OCH3 is 1. The lowest BCUT2D eigenvalue weighted by molar-refractivity contribution is -0.121. The molecule has 0 aromatic heterocycles. The molecular formula is C10H18N4O5S2. The first-order valence-electron chi connectivity index (χ1n) is 5.52.